The number of aromatic hydroxyl groups is 1. The van der Waals surface area contributed by atoms with Crippen molar-refractivity contribution in [2.45, 2.75) is 44.6 Å². The Kier molecular flexibility index (Phi) is 3.89. The van der Waals surface area contributed by atoms with Crippen molar-refractivity contribution in [2.75, 3.05) is 19.6 Å². The van der Waals surface area contributed by atoms with E-state index in [0.29, 0.717) is 5.56 Å². The molecule has 0 aromatic heterocycles. The minimum absolute atomic E-state index is 0.0143. The molecule has 0 radical (unpaired) electrons. The molecule has 1 aromatic carbocycles. The van der Waals surface area contributed by atoms with E-state index in [2.05, 4.69) is 5.32 Å². The van der Waals surface area contributed by atoms with Gasteiger partial charge in [0.1, 0.15) is 5.75 Å². The maximum Gasteiger partial charge on any atom is 0.258 e. The molecule has 1 aromatic rings. The summed E-state index contributed by atoms with van der Waals surface area (Å²) in [6.07, 6.45) is 5.77. The molecule has 1 spiro atoms. The summed E-state index contributed by atoms with van der Waals surface area (Å²) in [6, 6.07) is 5.42. The first kappa shape index (κ1) is 14.4. The third-order valence-corrected chi connectivity index (χ3v) is 5.04. The van der Waals surface area contributed by atoms with Crippen LogP contribution < -0.4 is 5.32 Å². The molecule has 2 N–H and O–H groups in total. The minimum Gasteiger partial charge on any atom is -0.507 e. The normalized spacial score (nSPS) is 21.5. The number of hydrogen-bond donors (Lipinski definition) is 2. The largest absolute Gasteiger partial charge is 0.507 e. The fourth-order valence-electron chi connectivity index (χ4n) is 3.80. The van der Waals surface area contributed by atoms with Crippen LogP contribution in [0.2, 0.25) is 0 Å². The monoisotopic (exact) mass is 288 g/mol. The number of nitrogens with zero attached hydrogens (tertiary/aromatic N) is 1. The van der Waals surface area contributed by atoms with E-state index >= 15 is 0 Å². The molecule has 4 nitrogen and oxygen atoms in total. The quantitative estimate of drug-likeness (QED) is 0.834. The fourth-order valence-corrected chi connectivity index (χ4v) is 3.80. The van der Waals surface area contributed by atoms with Gasteiger partial charge in [-0.1, -0.05) is 31.4 Å². The first-order chi connectivity index (χ1) is 10.1. The molecule has 1 heterocycles. The lowest BCUT2D eigenvalue weighted by Crippen LogP contribution is -2.63. The van der Waals surface area contributed by atoms with Crippen LogP contribution in [0.15, 0.2) is 18.2 Å². The van der Waals surface area contributed by atoms with Crippen LogP contribution in [-0.2, 0) is 0 Å². The molecule has 0 atom stereocenters. The Morgan fingerprint density at radius 1 is 1.29 bits per heavy atom. The summed E-state index contributed by atoms with van der Waals surface area (Å²) in [5.41, 5.74) is 1.15. The molecule has 2 fully saturated rings. The van der Waals surface area contributed by atoms with Crippen LogP contribution in [0.1, 0.15) is 48.0 Å². The summed E-state index contributed by atoms with van der Waals surface area (Å²) < 4.78 is 0. The predicted octanol–water partition coefficient (Wildman–Crippen LogP) is 2.45. The van der Waals surface area contributed by atoms with E-state index in [1.54, 1.807) is 6.07 Å². The van der Waals surface area contributed by atoms with Gasteiger partial charge in [0, 0.05) is 19.6 Å². The van der Waals surface area contributed by atoms with Gasteiger partial charge in [0.25, 0.3) is 5.91 Å². The molecule has 0 unspecified atom stereocenters. The van der Waals surface area contributed by atoms with E-state index in [4.69, 9.17) is 0 Å². The van der Waals surface area contributed by atoms with Gasteiger partial charge >= 0.3 is 0 Å². The number of piperazine rings is 1. The number of benzene rings is 1. The Bertz CT molecular complexity index is 527. The van der Waals surface area contributed by atoms with Crippen LogP contribution in [0.25, 0.3) is 0 Å². The Morgan fingerprint density at radius 2 is 2.05 bits per heavy atom. The summed E-state index contributed by atoms with van der Waals surface area (Å²) in [6.45, 7) is 4.28. The van der Waals surface area contributed by atoms with Crippen molar-refractivity contribution < 1.29 is 9.90 Å². The maximum absolute atomic E-state index is 13.0. The third-order valence-electron chi connectivity index (χ3n) is 5.04. The molecule has 1 aliphatic carbocycles. The minimum atomic E-state index is -0.0518. The van der Waals surface area contributed by atoms with E-state index in [0.717, 1.165) is 38.0 Å². The molecule has 21 heavy (non-hydrogen) atoms. The Labute approximate surface area is 126 Å². The molecule has 1 saturated carbocycles. The highest BCUT2D eigenvalue weighted by Gasteiger charge is 2.42. The van der Waals surface area contributed by atoms with Crippen molar-refractivity contribution in [3.63, 3.8) is 0 Å². The van der Waals surface area contributed by atoms with E-state index in [9.17, 15) is 9.90 Å². The zero-order chi connectivity index (χ0) is 14.9. The molecule has 4 heteroatoms. The number of aryl methyl sites for hydroxylation is 1. The maximum atomic E-state index is 13.0. The van der Waals surface area contributed by atoms with Gasteiger partial charge in [0.2, 0.25) is 0 Å². The summed E-state index contributed by atoms with van der Waals surface area (Å²) in [5, 5.41) is 13.7. The predicted molar refractivity (Wildman–Crippen MR) is 82.6 cm³/mol. The Morgan fingerprint density at radius 3 is 2.81 bits per heavy atom. The number of hydrogen-bond acceptors (Lipinski definition) is 3. The lowest BCUT2D eigenvalue weighted by Gasteiger charge is -2.49. The Balaban J connectivity index is 1.92. The number of para-hydroxylation sites is 1. The molecular weight excluding hydrogens is 264 g/mol. The van der Waals surface area contributed by atoms with Gasteiger partial charge in [0.05, 0.1) is 11.1 Å². The molecule has 1 saturated heterocycles. The summed E-state index contributed by atoms with van der Waals surface area (Å²) >= 11 is 0. The van der Waals surface area contributed by atoms with Crippen LogP contribution in [0.5, 0.6) is 5.75 Å². The number of carbonyl (C=O) groups is 1. The average Bonchev–Trinajstić information content (AvgIpc) is 2.51. The average molecular weight is 288 g/mol. The van der Waals surface area contributed by atoms with Gasteiger partial charge in [-0.2, -0.15) is 0 Å². The molecule has 1 amide bonds. The van der Waals surface area contributed by atoms with Crippen LogP contribution in [0, 0.1) is 6.92 Å². The van der Waals surface area contributed by atoms with Crippen molar-refractivity contribution in [3.05, 3.63) is 29.3 Å². The number of nitrogens with one attached hydrogen (secondary N) is 1. The van der Waals surface area contributed by atoms with Crippen LogP contribution in [0.4, 0.5) is 0 Å². The van der Waals surface area contributed by atoms with Crippen molar-refractivity contribution >= 4 is 5.91 Å². The van der Waals surface area contributed by atoms with Gasteiger partial charge in [0.15, 0.2) is 0 Å². The first-order valence-corrected chi connectivity index (χ1v) is 7.95. The van der Waals surface area contributed by atoms with Gasteiger partial charge < -0.3 is 15.3 Å². The lowest BCUT2D eigenvalue weighted by atomic mass is 9.78. The molecular formula is C17H24N2O2. The molecule has 1 aliphatic heterocycles. The SMILES string of the molecule is Cc1cccc(C(=O)N2CCNCC23CCCCC3)c1O. The number of amides is 1. The van der Waals surface area contributed by atoms with Gasteiger partial charge in [-0.25, -0.2) is 0 Å². The standard InChI is InChI=1S/C17H24N2O2/c1-13-6-5-7-14(15(13)20)16(21)19-11-10-18-12-17(19)8-3-2-4-9-17/h5-7,18,20H,2-4,8-12H2,1H3. The van der Waals surface area contributed by atoms with Gasteiger partial charge in [-0.05, 0) is 31.4 Å². The van der Waals surface area contributed by atoms with E-state index in [-0.39, 0.29) is 17.2 Å². The zero-order valence-electron chi connectivity index (χ0n) is 12.7. The first-order valence-electron chi connectivity index (χ1n) is 7.95. The Hall–Kier alpha value is -1.55. The van der Waals surface area contributed by atoms with Gasteiger partial charge in [-0.15, -0.1) is 0 Å². The second-order valence-corrected chi connectivity index (χ2v) is 6.39. The second-order valence-electron chi connectivity index (χ2n) is 6.39. The summed E-state index contributed by atoms with van der Waals surface area (Å²) in [4.78, 5) is 15.0. The second kappa shape index (κ2) is 5.68. The molecule has 3 rings (SSSR count). The van der Waals surface area contributed by atoms with E-state index in [1.165, 1.54) is 19.3 Å². The number of carbonyl (C=O) groups excluding carboxylic acids is 1. The summed E-state index contributed by atoms with van der Waals surface area (Å²) in [7, 11) is 0. The molecule has 0 bridgehead atoms. The van der Waals surface area contributed by atoms with Crippen molar-refractivity contribution in [2.24, 2.45) is 0 Å². The highest BCUT2D eigenvalue weighted by atomic mass is 16.3. The van der Waals surface area contributed by atoms with E-state index in [1.807, 2.05) is 24.0 Å². The third kappa shape index (κ3) is 2.53. The van der Waals surface area contributed by atoms with Crippen LogP contribution in [0.3, 0.4) is 0 Å². The molecule has 2 aliphatic rings. The summed E-state index contributed by atoms with van der Waals surface area (Å²) in [5.74, 6) is 0.117. The zero-order valence-corrected chi connectivity index (χ0v) is 12.7. The topological polar surface area (TPSA) is 52.6 Å². The van der Waals surface area contributed by atoms with E-state index < -0.39 is 0 Å². The highest BCUT2D eigenvalue weighted by molar-refractivity contribution is 5.97. The van der Waals surface area contributed by atoms with Crippen LogP contribution in [-0.4, -0.2) is 41.1 Å². The smallest absolute Gasteiger partial charge is 0.258 e. The number of phenolic OH excluding ortho intramolecular Hbond substituents is 1. The van der Waals surface area contributed by atoms with Crippen molar-refractivity contribution in [1.82, 2.24) is 10.2 Å². The van der Waals surface area contributed by atoms with Crippen molar-refractivity contribution in [3.8, 4) is 5.75 Å². The number of rotatable bonds is 1. The fraction of sp³-hybridized carbons (Fsp3) is 0.588. The molecule has 114 valence electrons. The highest BCUT2D eigenvalue weighted by Crippen LogP contribution is 2.36. The van der Waals surface area contributed by atoms with Gasteiger partial charge in [-0.3, -0.25) is 4.79 Å². The number of phenols is 1. The lowest BCUT2D eigenvalue weighted by molar-refractivity contribution is 0.0220. The van der Waals surface area contributed by atoms with Crippen LogP contribution >= 0.6 is 0 Å². The van der Waals surface area contributed by atoms with Crippen molar-refractivity contribution in [1.29, 1.82) is 0 Å².